The molecule has 0 atom stereocenters. The molecule has 1 heterocycles. The third-order valence-corrected chi connectivity index (χ3v) is 3.78. The summed E-state index contributed by atoms with van der Waals surface area (Å²) in [7, 11) is 0. The van der Waals surface area contributed by atoms with Crippen molar-refractivity contribution in [2.45, 2.75) is 6.92 Å². The number of halogens is 3. The van der Waals surface area contributed by atoms with Crippen molar-refractivity contribution in [3.8, 4) is 0 Å². The Morgan fingerprint density at radius 3 is 2.47 bits per heavy atom. The van der Waals surface area contributed by atoms with Crippen molar-refractivity contribution in [2.75, 3.05) is 6.61 Å². The first-order valence-corrected chi connectivity index (χ1v) is 6.79. The lowest BCUT2D eigenvalue weighted by Crippen LogP contribution is -2.05. The highest BCUT2D eigenvalue weighted by Crippen LogP contribution is 2.38. The Morgan fingerprint density at radius 2 is 1.89 bits per heavy atom. The highest BCUT2D eigenvalue weighted by molar-refractivity contribution is 9.12. The zero-order chi connectivity index (χ0) is 14.2. The summed E-state index contributed by atoms with van der Waals surface area (Å²) in [5.74, 6) is -1.13. The summed E-state index contributed by atoms with van der Waals surface area (Å²) in [5, 5.41) is 0.506. The summed E-state index contributed by atoms with van der Waals surface area (Å²) in [6.45, 7) is 1.89. The van der Waals surface area contributed by atoms with E-state index in [-0.39, 0.29) is 32.5 Å². The van der Waals surface area contributed by atoms with Gasteiger partial charge in [-0.15, -0.1) is 0 Å². The number of benzene rings is 1. The molecule has 0 unspecified atom stereocenters. The van der Waals surface area contributed by atoms with Crippen LogP contribution in [0.15, 0.2) is 16.6 Å². The Bertz CT molecular complexity index is 610. The van der Waals surface area contributed by atoms with Crippen LogP contribution in [0.5, 0.6) is 0 Å². The highest BCUT2D eigenvalue weighted by Gasteiger charge is 2.32. The van der Waals surface area contributed by atoms with Crippen LogP contribution < -0.4 is 0 Å². The van der Waals surface area contributed by atoms with Crippen LogP contribution >= 0.6 is 39.1 Å². The smallest absolute Gasteiger partial charge is 0.349 e. The zero-order valence-corrected chi connectivity index (χ0v) is 12.7. The van der Waals surface area contributed by atoms with Gasteiger partial charge in [0.25, 0.3) is 0 Å². The molecule has 0 bridgehead atoms. The predicted octanol–water partition coefficient (Wildman–Crippen LogP) is 3.79. The number of rotatable bonds is 2. The molecule has 0 aromatic heterocycles. The molecule has 0 amide bonds. The van der Waals surface area contributed by atoms with Crippen molar-refractivity contribution in [1.82, 2.24) is 0 Å². The topological polar surface area (TPSA) is 52.6 Å². The molecule has 19 heavy (non-hydrogen) atoms. The molecule has 1 aliphatic heterocycles. The van der Waals surface area contributed by atoms with E-state index in [1.54, 1.807) is 6.92 Å². The van der Waals surface area contributed by atoms with Crippen LogP contribution in [0.3, 0.4) is 0 Å². The van der Waals surface area contributed by atoms with Gasteiger partial charge in [0.2, 0.25) is 0 Å². The fraction of sp³-hybridized carbons (Fsp3) is 0.167. The van der Waals surface area contributed by atoms with Gasteiger partial charge in [0.1, 0.15) is 4.48 Å². The number of hydrogen-bond acceptors (Lipinski definition) is 4. The summed E-state index contributed by atoms with van der Waals surface area (Å²) in [4.78, 5) is 23.3. The van der Waals surface area contributed by atoms with Crippen molar-refractivity contribution in [3.05, 3.63) is 37.8 Å². The minimum absolute atomic E-state index is 0.0276. The van der Waals surface area contributed by atoms with Crippen molar-refractivity contribution < 1.29 is 19.1 Å². The SMILES string of the molecule is CCOC(=O)/C(Br)=C1/OC(=O)c2cc(Cl)c(Cl)cc21. The van der Waals surface area contributed by atoms with E-state index in [4.69, 9.17) is 32.7 Å². The molecule has 100 valence electrons. The standard InChI is InChI=1S/C12H7BrCl2O4/c1-2-18-12(17)9(13)10-5-3-7(14)8(15)4-6(5)11(16)19-10/h3-4H,2H2,1H3/b10-9-. The molecule has 0 aliphatic carbocycles. The summed E-state index contributed by atoms with van der Waals surface area (Å²) in [6, 6.07) is 2.87. The second kappa shape index (κ2) is 5.53. The van der Waals surface area contributed by atoms with Gasteiger partial charge in [-0.25, -0.2) is 9.59 Å². The fourth-order valence-electron chi connectivity index (χ4n) is 1.56. The molecule has 0 N–H and O–H groups in total. The first-order chi connectivity index (χ1) is 8.95. The van der Waals surface area contributed by atoms with Crippen LogP contribution in [0, 0.1) is 0 Å². The van der Waals surface area contributed by atoms with Crippen LogP contribution in [0.4, 0.5) is 0 Å². The average Bonchev–Trinajstić information content (AvgIpc) is 2.67. The summed E-state index contributed by atoms with van der Waals surface area (Å²) >= 11 is 14.8. The molecule has 0 spiro atoms. The lowest BCUT2D eigenvalue weighted by Gasteiger charge is -2.04. The predicted molar refractivity (Wildman–Crippen MR) is 74.4 cm³/mol. The quantitative estimate of drug-likeness (QED) is 0.591. The summed E-state index contributed by atoms with van der Waals surface area (Å²) in [6.07, 6.45) is 0. The Kier molecular flexibility index (Phi) is 4.18. The van der Waals surface area contributed by atoms with E-state index >= 15 is 0 Å². The van der Waals surface area contributed by atoms with E-state index in [1.165, 1.54) is 12.1 Å². The lowest BCUT2D eigenvalue weighted by molar-refractivity contribution is -0.137. The molecule has 1 aromatic rings. The first-order valence-electron chi connectivity index (χ1n) is 5.24. The van der Waals surface area contributed by atoms with Gasteiger partial charge in [-0.1, -0.05) is 23.2 Å². The van der Waals surface area contributed by atoms with Gasteiger partial charge in [-0.05, 0) is 35.0 Å². The van der Waals surface area contributed by atoms with E-state index in [2.05, 4.69) is 15.9 Å². The molecule has 7 heteroatoms. The summed E-state index contributed by atoms with van der Waals surface area (Å²) < 4.78 is 9.90. The molecular weight excluding hydrogens is 359 g/mol. The maximum absolute atomic E-state index is 11.7. The normalized spacial score (nSPS) is 15.9. The van der Waals surface area contributed by atoms with Crippen molar-refractivity contribution >= 4 is 56.8 Å². The largest absolute Gasteiger partial charge is 0.462 e. The van der Waals surface area contributed by atoms with Crippen LogP contribution in [-0.2, 0) is 14.3 Å². The minimum atomic E-state index is -0.621. The molecule has 0 radical (unpaired) electrons. The van der Waals surface area contributed by atoms with E-state index in [0.29, 0.717) is 5.56 Å². The van der Waals surface area contributed by atoms with Crippen LogP contribution in [0.25, 0.3) is 5.76 Å². The summed E-state index contributed by atoms with van der Waals surface area (Å²) in [5.41, 5.74) is 0.657. The maximum atomic E-state index is 11.7. The maximum Gasteiger partial charge on any atom is 0.349 e. The number of cyclic esters (lactones) is 1. The molecule has 0 saturated carbocycles. The number of hydrogen-bond donors (Lipinski definition) is 0. The number of ether oxygens (including phenoxy) is 2. The molecule has 0 fully saturated rings. The van der Waals surface area contributed by atoms with Crippen LogP contribution in [0.2, 0.25) is 10.0 Å². The van der Waals surface area contributed by atoms with E-state index in [1.807, 2.05) is 0 Å². The highest BCUT2D eigenvalue weighted by atomic mass is 79.9. The molecule has 2 rings (SSSR count). The van der Waals surface area contributed by atoms with Gasteiger partial charge in [-0.2, -0.15) is 0 Å². The van der Waals surface area contributed by atoms with Gasteiger partial charge in [0.05, 0.1) is 22.2 Å². The van der Waals surface area contributed by atoms with E-state index < -0.39 is 11.9 Å². The third-order valence-electron chi connectivity index (χ3n) is 2.37. The Balaban J connectivity index is 2.55. The van der Waals surface area contributed by atoms with E-state index in [9.17, 15) is 9.59 Å². The Morgan fingerprint density at radius 1 is 1.32 bits per heavy atom. The molecule has 1 aliphatic rings. The van der Waals surface area contributed by atoms with Gasteiger partial charge < -0.3 is 9.47 Å². The lowest BCUT2D eigenvalue weighted by atomic mass is 10.1. The molecule has 4 nitrogen and oxygen atoms in total. The van der Waals surface area contributed by atoms with Crippen LogP contribution in [-0.4, -0.2) is 18.5 Å². The second-order valence-corrected chi connectivity index (χ2v) is 5.17. The monoisotopic (exact) mass is 364 g/mol. The Labute approximate surface area is 127 Å². The fourth-order valence-corrected chi connectivity index (χ4v) is 2.29. The van der Waals surface area contributed by atoms with Crippen molar-refractivity contribution in [2.24, 2.45) is 0 Å². The number of carbonyl (C=O) groups is 2. The van der Waals surface area contributed by atoms with Crippen molar-refractivity contribution in [1.29, 1.82) is 0 Å². The zero-order valence-electron chi connectivity index (χ0n) is 9.63. The number of fused-ring (bicyclic) bond motifs is 1. The first kappa shape index (κ1) is 14.4. The van der Waals surface area contributed by atoms with Gasteiger partial charge in [0, 0.05) is 5.56 Å². The molecular formula is C12H7BrCl2O4. The average molecular weight is 366 g/mol. The number of carbonyl (C=O) groups excluding carboxylic acids is 2. The second-order valence-electron chi connectivity index (χ2n) is 3.56. The Hall–Kier alpha value is -1.04. The molecule has 0 saturated heterocycles. The van der Waals surface area contributed by atoms with Gasteiger partial charge in [-0.3, -0.25) is 0 Å². The number of esters is 2. The molecule has 1 aromatic carbocycles. The van der Waals surface area contributed by atoms with Gasteiger partial charge >= 0.3 is 11.9 Å². The van der Waals surface area contributed by atoms with Gasteiger partial charge in [0.15, 0.2) is 5.76 Å². The van der Waals surface area contributed by atoms with E-state index in [0.717, 1.165) is 0 Å². The van der Waals surface area contributed by atoms with Crippen LogP contribution in [0.1, 0.15) is 22.8 Å². The minimum Gasteiger partial charge on any atom is -0.462 e. The van der Waals surface area contributed by atoms with Crippen molar-refractivity contribution in [3.63, 3.8) is 0 Å². The third kappa shape index (κ3) is 2.63.